The zero-order chi connectivity index (χ0) is 13.0. The number of hydrogen-bond donors (Lipinski definition) is 2. The van der Waals surface area contributed by atoms with Crippen molar-refractivity contribution in [1.82, 2.24) is 0 Å². The van der Waals surface area contributed by atoms with Crippen molar-refractivity contribution < 1.29 is 14.3 Å². The Kier molecular flexibility index (Phi) is 3.57. The SMILES string of the molecule is O=C(O)c1cccc(CNc2ccccc2F)c1. The average Bonchev–Trinajstić information content (AvgIpc) is 2.38. The smallest absolute Gasteiger partial charge is 0.335 e. The molecule has 0 fully saturated rings. The number of benzene rings is 2. The van der Waals surface area contributed by atoms with Crippen molar-refractivity contribution in [3.63, 3.8) is 0 Å². The third kappa shape index (κ3) is 2.85. The second-order valence-corrected chi connectivity index (χ2v) is 3.84. The minimum Gasteiger partial charge on any atom is -0.478 e. The van der Waals surface area contributed by atoms with Gasteiger partial charge in [-0.15, -0.1) is 0 Å². The molecular weight excluding hydrogens is 233 g/mol. The first kappa shape index (κ1) is 12.1. The second-order valence-electron chi connectivity index (χ2n) is 3.84. The van der Waals surface area contributed by atoms with Crippen LogP contribution in [0.4, 0.5) is 10.1 Å². The van der Waals surface area contributed by atoms with E-state index in [-0.39, 0.29) is 11.4 Å². The van der Waals surface area contributed by atoms with Gasteiger partial charge in [-0.2, -0.15) is 0 Å². The van der Waals surface area contributed by atoms with E-state index in [0.29, 0.717) is 12.2 Å². The Morgan fingerprint density at radius 1 is 1.17 bits per heavy atom. The van der Waals surface area contributed by atoms with Gasteiger partial charge in [0.2, 0.25) is 0 Å². The molecule has 2 N–H and O–H groups in total. The van der Waals surface area contributed by atoms with E-state index in [1.165, 1.54) is 12.1 Å². The van der Waals surface area contributed by atoms with Crippen molar-refractivity contribution in [2.45, 2.75) is 6.54 Å². The monoisotopic (exact) mass is 245 g/mol. The summed E-state index contributed by atoms with van der Waals surface area (Å²) in [4.78, 5) is 10.8. The number of halogens is 1. The van der Waals surface area contributed by atoms with Crippen LogP contribution in [0.2, 0.25) is 0 Å². The van der Waals surface area contributed by atoms with Crippen LogP contribution < -0.4 is 5.32 Å². The van der Waals surface area contributed by atoms with E-state index in [2.05, 4.69) is 5.32 Å². The fourth-order valence-electron chi connectivity index (χ4n) is 1.62. The van der Waals surface area contributed by atoms with Gasteiger partial charge in [0.1, 0.15) is 5.82 Å². The van der Waals surface area contributed by atoms with Crippen LogP contribution in [0.5, 0.6) is 0 Å². The molecule has 4 heteroatoms. The molecule has 0 aliphatic heterocycles. The van der Waals surface area contributed by atoms with E-state index in [1.54, 1.807) is 36.4 Å². The summed E-state index contributed by atoms with van der Waals surface area (Å²) in [5, 5.41) is 11.8. The van der Waals surface area contributed by atoms with Gasteiger partial charge in [-0.3, -0.25) is 0 Å². The van der Waals surface area contributed by atoms with E-state index >= 15 is 0 Å². The number of carbonyl (C=O) groups is 1. The highest BCUT2D eigenvalue weighted by Gasteiger charge is 2.04. The lowest BCUT2D eigenvalue weighted by Crippen LogP contribution is -2.03. The van der Waals surface area contributed by atoms with Crippen molar-refractivity contribution in [3.05, 3.63) is 65.5 Å². The Morgan fingerprint density at radius 2 is 1.94 bits per heavy atom. The van der Waals surface area contributed by atoms with Crippen LogP contribution in [-0.2, 0) is 6.54 Å². The Labute approximate surface area is 104 Å². The van der Waals surface area contributed by atoms with Crippen LogP contribution in [0.25, 0.3) is 0 Å². The number of carboxylic acid groups (broad SMARTS) is 1. The zero-order valence-electron chi connectivity index (χ0n) is 9.56. The van der Waals surface area contributed by atoms with Gasteiger partial charge in [-0.05, 0) is 29.8 Å². The molecule has 18 heavy (non-hydrogen) atoms. The summed E-state index contributed by atoms with van der Waals surface area (Å²) < 4.78 is 13.3. The molecule has 0 aromatic heterocycles. The maximum atomic E-state index is 13.3. The van der Waals surface area contributed by atoms with E-state index in [4.69, 9.17) is 5.11 Å². The van der Waals surface area contributed by atoms with Gasteiger partial charge in [0.15, 0.2) is 0 Å². The summed E-state index contributed by atoms with van der Waals surface area (Å²) in [5.41, 5.74) is 1.42. The largest absolute Gasteiger partial charge is 0.478 e. The van der Waals surface area contributed by atoms with Gasteiger partial charge in [-0.25, -0.2) is 9.18 Å². The summed E-state index contributed by atoms with van der Waals surface area (Å²) in [6.07, 6.45) is 0. The maximum absolute atomic E-state index is 13.3. The van der Waals surface area contributed by atoms with Gasteiger partial charge in [0, 0.05) is 6.54 Å². The van der Waals surface area contributed by atoms with Crippen molar-refractivity contribution in [2.24, 2.45) is 0 Å². The number of rotatable bonds is 4. The van der Waals surface area contributed by atoms with Crippen LogP contribution >= 0.6 is 0 Å². The number of aromatic carboxylic acids is 1. The van der Waals surface area contributed by atoms with E-state index in [9.17, 15) is 9.18 Å². The predicted molar refractivity (Wildman–Crippen MR) is 67.1 cm³/mol. The molecule has 0 atom stereocenters. The molecule has 0 amide bonds. The summed E-state index contributed by atoms with van der Waals surface area (Å²) >= 11 is 0. The van der Waals surface area contributed by atoms with Gasteiger partial charge in [0.25, 0.3) is 0 Å². The van der Waals surface area contributed by atoms with E-state index in [0.717, 1.165) is 5.56 Å². The molecule has 0 spiro atoms. The molecule has 0 saturated carbocycles. The fraction of sp³-hybridized carbons (Fsp3) is 0.0714. The molecule has 2 aromatic rings. The highest BCUT2D eigenvalue weighted by atomic mass is 19.1. The Balaban J connectivity index is 2.09. The highest BCUT2D eigenvalue weighted by Crippen LogP contribution is 2.14. The second kappa shape index (κ2) is 5.31. The molecule has 0 heterocycles. The summed E-state index contributed by atoms with van der Waals surface area (Å²) in [7, 11) is 0. The number of nitrogens with one attached hydrogen (secondary N) is 1. The van der Waals surface area contributed by atoms with Crippen molar-refractivity contribution in [3.8, 4) is 0 Å². The van der Waals surface area contributed by atoms with Crippen LogP contribution in [-0.4, -0.2) is 11.1 Å². The summed E-state index contributed by atoms with van der Waals surface area (Å²) in [5.74, 6) is -1.30. The van der Waals surface area contributed by atoms with Crippen molar-refractivity contribution in [2.75, 3.05) is 5.32 Å². The minimum atomic E-state index is -0.970. The molecule has 92 valence electrons. The third-order valence-electron chi connectivity index (χ3n) is 2.53. The van der Waals surface area contributed by atoms with Gasteiger partial charge in [0.05, 0.1) is 11.3 Å². The topological polar surface area (TPSA) is 49.3 Å². The highest BCUT2D eigenvalue weighted by molar-refractivity contribution is 5.87. The lowest BCUT2D eigenvalue weighted by Gasteiger charge is -2.07. The van der Waals surface area contributed by atoms with Gasteiger partial charge < -0.3 is 10.4 Å². The lowest BCUT2D eigenvalue weighted by atomic mass is 10.1. The van der Waals surface area contributed by atoms with Crippen LogP contribution in [0, 0.1) is 5.82 Å². The maximum Gasteiger partial charge on any atom is 0.335 e. The summed E-state index contributed by atoms with van der Waals surface area (Å²) in [6.45, 7) is 0.377. The first-order chi connectivity index (χ1) is 8.66. The standard InChI is InChI=1S/C14H12FNO2/c15-12-6-1-2-7-13(12)16-9-10-4-3-5-11(8-10)14(17)18/h1-8,16H,9H2,(H,17,18). The van der Waals surface area contributed by atoms with Crippen LogP contribution in [0.3, 0.4) is 0 Å². The zero-order valence-corrected chi connectivity index (χ0v) is 9.56. The first-order valence-corrected chi connectivity index (χ1v) is 5.47. The minimum absolute atomic E-state index is 0.225. The molecular formula is C14H12FNO2. The fourth-order valence-corrected chi connectivity index (χ4v) is 1.62. The third-order valence-corrected chi connectivity index (χ3v) is 2.53. The normalized spacial score (nSPS) is 10.1. The predicted octanol–water partition coefficient (Wildman–Crippen LogP) is 3.14. The first-order valence-electron chi connectivity index (χ1n) is 5.47. The van der Waals surface area contributed by atoms with Crippen molar-refractivity contribution >= 4 is 11.7 Å². The van der Waals surface area contributed by atoms with Gasteiger partial charge >= 0.3 is 5.97 Å². The Bertz CT molecular complexity index is 569. The molecule has 2 rings (SSSR count). The van der Waals surface area contributed by atoms with E-state index in [1.807, 2.05) is 0 Å². The molecule has 2 aromatic carbocycles. The number of para-hydroxylation sites is 1. The van der Waals surface area contributed by atoms with Crippen molar-refractivity contribution in [1.29, 1.82) is 0 Å². The average molecular weight is 245 g/mol. The molecule has 0 aliphatic carbocycles. The number of hydrogen-bond acceptors (Lipinski definition) is 2. The molecule has 0 bridgehead atoms. The van der Waals surface area contributed by atoms with Crippen LogP contribution in [0.15, 0.2) is 48.5 Å². The number of carboxylic acids is 1. The summed E-state index contributed by atoms with van der Waals surface area (Å²) in [6, 6.07) is 12.9. The lowest BCUT2D eigenvalue weighted by molar-refractivity contribution is 0.0697. The molecule has 0 aliphatic rings. The quantitative estimate of drug-likeness (QED) is 0.870. The Morgan fingerprint density at radius 3 is 2.67 bits per heavy atom. The molecule has 0 unspecified atom stereocenters. The molecule has 3 nitrogen and oxygen atoms in total. The van der Waals surface area contributed by atoms with Gasteiger partial charge in [-0.1, -0.05) is 24.3 Å². The number of anilines is 1. The van der Waals surface area contributed by atoms with E-state index < -0.39 is 5.97 Å². The Hall–Kier alpha value is -2.36. The molecule has 0 saturated heterocycles. The van der Waals surface area contributed by atoms with Crippen LogP contribution in [0.1, 0.15) is 15.9 Å². The molecule has 0 radical (unpaired) electrons.